The molecule has 1 heterocycles. The Kier molecular flexibility index (Phi) is 6.22. The van der Waals surface area contributed by atoms with Crippen LogP contribution in [-0.2, 0) is 4.74 Å². The average molecular weight is 300 g/mol. The summed E-state index contributed by atoms with van der Waals surface area (Å²) < 4.78 is 4.66. The molecule has 1 rings (SSSR count). The van der Waals surface area contributed by atoms with Crippen molar-refractivity contribution < 1.29 is 50.7 Å². The molecule has 10 heteroatoms. The van der Waals surface area contributed by atoms with Crippen LogP contribution in [-0.4, -0.2) is 108 Å². The van der Waals surface area contributed by atoms with E-state index in [-0.39, 0.29) is 0 Å². The van der Waals surface area contributed by atoms with Gasteiger partial charge in [-0.25, -0.2) is 0 Å². The van der Waals surface area contributed by atoms with Crippen LogP contribution in [0.15, 0.2) is 0 Å². The zero-order valence-electron chi connectivity index (χ0n) is 10.3. The number of aliphatic hydroxyl groups excluding tert-OH is 9. The van der Waals surface area contributed by atoms with E-state index in [1.54, 1.807) is 0 Å². The van der Waals surface area contributed by atoms with Crippen molar-refractivity contribution in [3.63, 3.8) is 0 Å². The van der Waals surface area contributed by atoms with Gasteiger partial charge in [0.1, 0.15) is 48.8 Å². The summed E-state index contributed by atoms with van der Waals surface area (Å²) >= 11 is 0. The van der Waals surface area contributed by atoms with E-state index in [4.69, 9.17) is 10.2 Å². The molecule has 0 aliphatic carbocycles. The Morgan fingerprint density at radius 1 is 0.800 bits per heavy atom. The van der Waals surface area contributed by atoms with Crippen LogP contribution in [0.1, 0.15) is 0 Å². The van der Waals surface area contributed by atoms with Gasteiger partial charge in [-0.15, -0.1) is 0 Å². The van der Waals surface area contributed by atoms with Gasteiger partial charge in [-0.1, -0.05) is 0 Å². The standard InChI is InChI=1S/C10H20O10/c11-1-2(12)3(13)4(14)6(16)9-7(17)5(15)8(18)10(19)20-9/h2-19H,1H2/t2-,3+,4-,5+,6-,7+,8+,9-,10-/m1/s1. The molecule has 0 spiro atoms. The fourth-order valence-corrected chi connectivity index (χ4v) is 1.90. The van der Waals surface area contributed by atoms with E-state index < -0.39 is 61.7 Å². The van der Waals surface area contributed by atoms with Gasteiger partial charge in [0.25, 0.3) is 0 Å². The van der Waals surface area contributed by atoms with Crippen LogP contribution >= 0.6 is 0 Å². The second kappa shape index (κ2) is 7.04. The van der Waals surface area contributed by atoms with Gasteiger partial charge in [-0.2, -0.15) is 0 Å². The monoisotopic (exact) mass is 300 g/mol. The number of aliphatic hydroxyl groups is 9. The van der Waals surface area contributed by atoms with E-state index in [2.05, 4.69) is 4.74 Å². The lowest BCUT2D eigenvalue weighted by Gasteiger charge is -2.41. The Hall–Kier alpha value is -0.400. The molecule has 1 aliphatic heterocycles. The first-order valence-electron chi connectivity index (χ1n) is 5.93. The fraction of sp³-hybridized carbons (Fsp3) is 1.00. The molecule has 9 N–H and O–H groups in total. The predicted octanol–water partition coefficient (Wildman–Crippen LogP) is -5.78. The lowest BCUT2D eigenvalue weighted by Crippen LogP contribution is -2.63. The molecule has 0 bridgehead atoms. The Balaban J connectivity index is 2.77. The maximum atomic E-state index is 9.76. The number of ether oxygens (including phenoxy) is 1. The van der Waals surface area contributed by atoms with Crippen LogP contribution in [0.4, 0.5) is 0 Å². The second-order valence-corrected chi connectivity index (χ2v) is 4.68. The average Bonchev–Trinajstić information content (AvgIpc) is 2.45. The molecule has 120 valence electrons. The van der Waals surface area contributed by atoms with E-state index >= 15 is 0 Å². The molecule has 10 nitrogen and oxygen atoms in total. The first-order valence-corrected chi connectivity index (χ1v) is 5.93. The highest BCUT2D eigenvalue weighted by atomic mass is 16.6. The van der Waals surface area contributed by atoms with E-state index in [0.717, 1.165) is 0 Å². The van der Waals surface area contributed by atoms with E-state index in [1.165, 1.54) is 0 Å². The number of hydrogen-bond acceptors (Lipinski definition) is 10. The first kappa shape index (κ1) is 17.7. The molecule has 0 unspecified atom stereocenters. The summed E-state index contributed by atoms with van der Waals surface area (Å²) in [5.41, 5.74) is 0. The molecular weight excluding hydrogens is 280 g/mol. The van der Waals surface area contributed by atoms with Crippen molar-refractivity contribution in [2.45, 2.75) is 55.1 Å². The summed E-state index contributed by atoms with van der Waals surface area (Å²) in [7, 11) is 0. The molecule has 0 aromatic rings. The SMILES string of the molecule is OC[C@@H](O)[C@H](O)[C@@H](O)[C@@H](O)[C@H]1O[C@@H](O)[C@@H](O)[C@@H](O)[C@@H]1O. The third-order valence-electron chi connectivity index (χ3n) is 3.24. The maximum Gasteiger partial charge on any atom is 0.184 e. The molecular formula is C10H20O10. The van der Waals surface area contributed by atoms with Crippen LogP contribution in [0.5, 0.6) is 0 Å². The zero-order valence-corrected chi connectivity index (χ0v) is 10.3. The van der Waals surface area contributed by atoms with E-state index in [1.807, 2.05) is 0 Å². The molecule has 1 aliphatic rings. The van der Waals surface area contributed by atoms with Crippen molar-refractivity contribution in [1.82, 2.24) is 0 Å². The molecule has 0 amide bonds. The van der Waals surface area contributed by atoms with Gasteiger partial charge in [-0.3, -0.25) is 0 Å². The summed E-state index contributed by atoms with van der Waals surface area (Å²) in [6.07, 6.45) is -16.9. The van der Waals surface area contributed by atoms with Gasteiger partial charge in [0.05, 0.1) is 6.61 Å². The Labute approximate surface area is 113 Å². The molecule has 20 heavy (non-hydrogen) atoms. The van der Waals surface area contributed by atoms with Crippen LogP contribution in [0.25, 0.3) is 0 Å². The Morgan fingerprint density at radius 2 is 1.35 bits per heavy atom. The molecule has 1 saturated heterocycles. The highest BCUT2D eigenvalue weighted by Crippen LogP contribution is 2.24. The van der Waals surface area contributed by atoms with Gasteiger partial charge >= 0.3 is 0 Å². The van der Waals surface area contributed by atoms with Gasteiger partial charge in [0, 0.05) is 0 Å². The Morgan fingerprint density at radius 3 is 1.85 bits per heavy atom. The molecule has 0 saturated carbocycles. The summed E-state index contributed by atoms with van der Waals surface area (Å²) in [4.78, 5) is 0. The van der Waals surface area contributed by atoms with Crippen LogP contribution in [0, 0.1) is 0 Å². The van der Waals surface area contributed by atoms with Crippen molar-refractivity contribution in [1.29, 1.82) is 0 Å². The third-order valence-corrected chi connectivity index (χ3v) is 3.24. The fourth-order valence-electron chi connectivity index (χ4n) is 1.90. The van der Waals surface area contributed by atoms with Gasteiger partial charge in [0.15, 0.2) is 6.29 Å². The Bertz CT molecular complexity index is 302. The van der Waals surface area contributed by atoms with Crippen molar-refractivity contribution >= 4 is 0 Å². The van der Waals surface area contributed by atoms with Crippen LogP contribution in [0.2, 0.25) is 0 Å². The number of rotatable bonds is 5. The van der Waals surface area contributed by atoms with Crippen LogP contribution < -0.4 is 0 Å². The molecule has 1 fully saturated rings. The summed E-state index contributed by atoms with van der Waals surface area (Å²) in [6, 6.07) is 0. The largest absolute Gasteiger partial charge is 0.394 e. The minimum absolute atomic E-state index is 0.886. The van der Waals surface area contributed by atoms with Crippen molar-refractivity contribution in [2.75, 3.05) is 6.61 Å². The predicted molar refractivity (Wildman–Crippen MR) is 60.0 cm³/mol. The normalized spacial score (nSPS) is 41.0. The van der Waals surface area contributed by atoms with E-state index in [0.29, 0.717) is 0 Å². The van der Waals surface area contributed by atoms with Crippen molar-refractivity contribution in [2.24, 2.45) is 0 Å². The smallest absolute Gasteiger partial charge is 0.184 e. The zero-order chi connectivity index (χ0) is 15.6. The second-order valence-electron chi connectivity index (χ2n) is 4.68. The lowest BCUT2D eigenvalue weighted by molar-refractivity contribution is -0.306. The van der Waals surface area contributed by atoms with Gasteiger partial charge in [-0.05, 0) is 0 Å². The van der Waals surface area contributed by atoms with E-state index in [9.17, 15) is 35.7 Å². The minimum Gasteiger partial charge on any atom is -0.394 e. The van der Waals surface area contributed by atoms with Gasteiger partial charge < -0.3 is 50.7 Å². The first-order chi connectivity index (χ1) is 9.22. The molecule has 0 aromatic carbocycles. The topological polar surface area (TPSA) is 191 Å². The third kappa shape index (κ3) is 3.43. The van der Waals surface area contributed by atoms with Gasteiger partial charge in [0.2, 0.25) is 0 Å². The van der Waals surface area contributed by atoms with Crippen molar-refractivity contribution in [3.8, 4) is 0 Å². The molecule has 0 aromatic heterocycles. The number of hydrogen-bond donors (Lipinski definition) is 9. The summed E-state index contributed by atoms with van der Waals surface area (Å²) in [5, 5.41) is 84.1. The minimum atomic E-state index is -2.04. The summed E-state index contributed by atoms with van der Waals surface area (Å²) in [6.45, 7) is -0.886. The highest BCUT2D eigenvalue weighted by Gasteiger charge is 2.48. The molecule has 9 atom stereocenters. The quantitative estimate of drug-likeness (QED) is 0.236. The highest BCUT2D eigenvalue weighted by molar-refractivity contribution is 4.96. The van der Waals surface area contributed by atoms with Crippen molar-refractivity contribution in [3.05, 3.63) is 0 Å². The van der Waals surface area contributed by atoms with Crippen LogP contribution in [0.3, 0.4) is 0 Å². The molecule has 0 radical (unpaired) electrons. The lowest BCUT2D eigenvalue weighted by atomic mass is 9.90. The maximum absolute atomic E-state index is 9.76. The summed E-state index contributed by atoms with van der Waals surface area (Å²) in [5.74, 6) is 0.